The third-order valence-corrected chi connectivity index (χ3v) is 4.62. The number of carbonyl (C=O) groups excluding carboxylic acids is 2. The Kier molecular flexibility index (Phi) is 4.52. The zero-order valence-electron chi connectivity index (χ0n) is 12.6. The molecule has 3 rings (SSSR count). The molecular formula is C17H17N3O2S. The van der Waals surface area contributed by atoms with Gasteiger partial charge in [-0.3, -0.25) is 4.79 Å². The summed E-state index contributed by atoms with van der Waals surface area (Å²) >= 11 is 1.55. The summed E-state index contributed by atoms with van der Waals surface area (Å²) in [5, 5.41) is 8.33. The maximum absolute atomic E-state index is 12.3. The van der Waals surface area contributed by atoms with E-state index in [1.54, 1.807) is 11.8 Å². The first-order valence-electron chi connectivity index (χ1n) is 7.29. The van der Waals surface area contributed by atoms with Crippen LogP contribution >= 0.6 is 11.8 Å². The first-order chi connectivity index (χ1) is 11.1. The van der Waals surface area contributed by atoms with Gasteiger partial charge in [-0.1, -0.05) is 24.3 Å². The van der Waals surface area contributed by atoms with Gasteiger partial charge in [0.1, 0.15) is 6.04 Å². The Morgan fingerprint density at radius 2 is 2.04 bits per heavy atom. The molecule has 1 aliphatic heterocycles. The number of fused-ring (bicyclic) bond motifs is 1. The van der Waals surface area contributed by atoms with Gasteiger partial charge in [0.25, 0.3) is 0 Å². The number of aryl methyl sites for hydroxylation is 1. The van der Waals surface area contributed by atoms with E-state index in [9.17, 15) is 9.59 Å². The predicted molar refractivity (Wildman–Crippen MR) is 92.9 cm³/mol. The number of para-hydroxylation sites is 1. The van der Waals surface area contributed by atoms with E-state index in [1.165, 1.54) is 0 Å². The molecule has 1 atom stereocenters. The monoisotopic (exact) mass is 327 g/mol. The van der Waals surface area contributed by atoms with Crippen LogP contribution in [0.25, 0.3) is 0 Å². The molecule has 3 amide bonds. The molecule has 6 heteroatoms. The molecule has 5 nitrogen and oxygen atoms in total. The second-order valence-electron chi connectivity index (χ2n) is 5.32. The van der Waals surface area contributed by atoms with Gasteiger partial charge >= 0.3 is 6.03 Å². The fraction of sp³-hybridized carbons (Fsp3) is 0.176. The first kappa shape index (κ1) is 15.4. The summed E-state index contributed by atoms with van der Waals surface area (Å²) in [5.41, 5.74) is 2.54. The van der Waals surface area contributed by atoms with E-state index in [1.807, 2.05) is 55.5 Å². The number of urea groups is 1. The van der Waals surface area contributed by atoms with Crippen LogP contribution in [-0.4, -0.2) is 23.7 Å². The lowest BCUT2D eigenvalue weighted by Crippen LogP contribution is -2.46. The maximum Gasteiger partial charge on any atom is 0.319 e. The van der Waals surface area contributed by atoms with Crippen LogP contribution in [0.4, 0.5) is 16.2 Å². The van der Waals surface area contributed by atoms with Gasteiger partial charge in [0.05, 0.1) is 5.69 Å². The van der Waals surface area contributed by atoms with Crippen LogP contribution in [0.5, 0.6) is 0 Å². The van der Waals surface area contributed by atoms with Crippen molar-refractivity contribution < 1.29 is 9.59 Å². The van der Waals surface area contributed by atoms with E-state index >= 15 is 0 Å². The summed E-state index contributed by atoms with van der Waals surface area (Å²) in [5.74, 6) is 0.284. The van der Waals surface area contributed by atoms with E-state index in [4.69, 9.17) is 0 Å². The van der Waals surface area contributed by atoms with Gasteiger partial charge in [-0.25, -0.2) is 4.79 Å². The Morgan fingerprint density at radius 1 is 1.22 bits per heavy atom. The minimum absolute atomic E-state index is 0.207. The summed E-state index contributed by atoms with van der Waals surface area (Å²) in [6, 6.07) is 14.1. The molecule has 3 N–H and O–H groups in total. The molecule has 0 saturated carbocycles. The smallest absolute Gasteiger partial charge is 0.319 e. The lowest BCUT2D eigenvalue weighted by Gasteiger charge is -2.15. The molecule has 0 radical (unpaired) electrons. The summed E-state index contributed by atoms with van der Waals surface area (Å²) < 4.78 is 0. The van der Waals surface area contributed by atoms with Gasteiger partial charge in [-0.05, 0) is 36.8 Å². The van der Waals surface area contributed by atoms with E-state index in [2.05, 4.69) is 16.0 Å². The highest BCUT2D eigenvalue weighted by Gasteiger charge is 2.25. The molecule has 0 unspecified atom stereocenters. The van der Waals surface area contributed by atoms with Gasteiger partial charge < -0.3 is 16.0 Å². The number of amides is 3. The van der Waals surface area contributed by atoms with Crippen molar-refractivity contribution in [2.45, 2.75) is 17.9 Å². The fourth-order valence-electron chi connectivity index (χ4n) is 2.32. The minimum atomic E-state index is -0.586. The number of rotatable bonds is 2. The standard InChI is InChI=1S/C17H17N3O2S/c1-11-5-4-6-12(9-11)18-17(22)20-14-10-23-15-8-3-2-7-13(15)19-16(14)21/h2-9,14H,10H2,1H3,(H,19,21)(H2,18,20,22)/t14-/m1/s1. The number of hydrogen-bond donors (Lipinski definition) is 3. The average molecular weight is 327 g/mol. The largest absolute Gasteiger partial charge is 0.325 e. The zero-order valence-corrected chi connectivity index (χ0v) is 13.4. The molecule has 1 aliphatic rings. The number of anilines is 2. The van der Waals surface area contributed by atoms with Crippen LogP contribution < -0.4 is 16.0 Å². The molecule has 0 spiro atoms. The van der Waals surface area contributed by atoms with E-state index in [-0.39, 0.29) is 11.9 Å². The van der Waals surface area contributed by atoms with Gasteiger partial charge in [0, 0.05) is 16.3 Å². The van der Waals surface area contributed by atoms with Crippen molar-refractivity contribution in [2.75, 3.05) is 16.4 Å². The Bertz CT molecular complexity index is 748. The fourth-order valence-corrected chi connectivity index (χ4v) is 3.35. The molecule has 1 heterocycles. The lowest BCUT2D eigenvalue weighted by molar-refractivity contribution is -0.117. The predicted octanol–water partition coefficient (Wildman–Crippen LogP) is 3.23. The highest BCUT2D eigenvalue weighted by Crippen LogP contribution is 2.30. The van der Waals surface area contributed by atoms with Crippen LogP contribution in [0.2, 0.25) is 0 Å². The highest BCUT2D eigenvalue weighted by molar-refractivity contribution is 7.99. The van der Waals surface area contributed by atoms with Crippen LogP contribution in [-0.2, 0) is 4.79 Å². The number of nitrogens with one attached hydrogen (secondary N) is 3. The number of hydrogen-bond acceptors (Lipinski definition) is 3. The van der Waals surface area contributed by atoms with Crippen molar-refractivity contribution in [1.29, 1.82) is 0 Å². The molecule has 118 valence electrons. The molecule has 23 heavy (non-hydrogen) atoms. The highest BCUT2D eigenvalue weighted by atomic mass is 32.2. The molecule has 0 aromatic heterocycles. The third-order valence-electron chi connectivity index (χ3n) is 3.45. The average Bonchev–Trinajstić information content (AvgIpc) is 2.67. The number of carbonyl (C=O) groups is 2. The molecule has 0 saturated heterocycles. The summed E-state index contributed by atoms with van der Waals surface area (Å²) in [7, 11) is 0. The first-order valence-corrected chi connectivity index (χ1v) is 8.27. The van der Waals surface area contributed by atoms with Crippen molar-refractivity contribution in [3.8, 4) is 0 Å². The van der Waals surface area contributed by atoms with Crippen LogP contribution in [0.1, 0.15) is 5.56 Å². The third kappa shape index (κ3) is 3.84. The molecular weight excluding hydrogens is 310 g/mol. The second-order valence-corrected chi connectivity index (χ2v) is 6.38. The Morgan fingerprint density at radius 3 is 2.87 bits per heavy atom. The Balaban J connectivity index is 1.64. The SMILES string of the molecule is Cc1cccc(NC(=O)N[C@@H]2CSc3ccccc3NC2=O)c1. The van der Waals surface area contributed by atoms with Gasteiger partial charge in [-0.2, -0.15) is 0 Å². The quantitative estimate of drug-likeness (QED) is 0.793. The Labute approximate surface area is 138 Å². The molecule has 0 fully saturated rings. The summed E-state index contributed by atoms with van der Waals surface area (Å²) in [6.07, 6.45) is 0. The van der Waals surface area contributed by atoms with Crippen LogP contribution in [0.3, 0.4) is 0 Å². The molecule has 2 aromatic carbocycles. The maximum atomic E-state index is 12.3. The topological polar surface area (TPSA) is 70.2 Å². The second kappa shape index (κ2) is 6.75. The number of benzene rings is 2. The molecule has 2 aromatic rings. The van der Waals surface area contributed by atoms with E-state index < -0.39 is 6.04 Å². The van der Waals surface area contributed by atoms with Crippen LogP contribution in [0, 0.1) is 6.92 Å². The minimum Gasteiger partial charge on any atom is -0.325 e. The molecule has 0 bridgehead atoms. The zero-order chi connectivity index (χ0) is 16.2. The van der Waals surface area contributed by atoms with Crippen molar-refractivity contribution >= 4 is 35.1 Å². The van der Waals surface area contributed by atoms with Gasteiger partial charge in [0.2, 0.25) is 5.91 Å². The van der Waals surface area contributed by atoms with Crippen molar-refractivity contribution in [2.24, 2.45) is 0 Å². The van der Waals surface area contributed by atoms with Crippen molar-refractivity contribution in [1.82, 2.24) is 5.32 Å². The van der Waals surface area contributed by atoms with Crippen molar-refractivity contribution in [3.05, 3.63) is 54.1 Å². The number of thioether (sulfide) groups is 1. The van der Waals surface area contributed by atoms with Crippen molar-refractivity contribution in [3.63, 3.8) is 0 Å². The normalized spacial score (nSPS) is 16.7. The van der Waals surface area contributed by atoms with Crippen LogP contribution in [0.15, 0.2) is 53.4 Å². The molecule has 0 aliphatic carbocycles. The van der Waals surface area contributed by atoms with E-state index in [0.717, 1.165) is 16.1 Å². The summed E-state index contributed by atoms with van der Waals surface area (Å²) in [6.45, 7) is 1.95. The Hall–Kier alpha value is -2.47. The lowest BCUT2D eigenvalue weighted by atomic mass is 10.2. The summed E-state index contributed by atoms with van der Waals surface area (Å²) in [4.78, 5) is 25.4. The van der Waals surface area contributed by atoms with Gasteiger partial charge in [0.15, 0.2) is 0 Å². The van der Waals surface area contributed by atoms with E-state index in [0.29, 0.717) is 11.4 Å². The van der Waals surface area contributed by atoms with Gasteiger partial charge in [-0.15, -0.1) is 11.8 Å².